The molecular formula is C20H26ClN3O4. The molecule has 2 rings (SSSR count). The van der Waals surface area contributed by atoms with Crippen molar-refractivity contribution in [1.29, 1.82) is 0 Å². The number of nitrogens with two attached hydrogens (primary N) is 1. The van der Waals surface area contributed by atoms with Gasteiger partial charge in [0.1, 0.15) is 11.5 Å². The first-order valence-electron chi connectivity index (χ1n) is 8.82. The monoisotopic (exact) mass is 407 g/mol. The summed E-state index contributed by atoms with van der Waals surface area (Å²) in [6, 6.07) is 13.0. The van der Waals surface area contributed by atoms with Crippen molar-refractivity contribution in [3.8, 4) is 11.5 Å². The van der Waals surface area contributed by atoms with Gasteiger partial charge in [-0.15, -0.1) is 12.4 Å². The van der Waals surface area contributed by atoms with E-state index in [0.29, 0.717) is 24.6 Å². The quantitative estimate of drug-likeness (QED) is 0.520. The number of carbonyl (C=O) groups is 1. The van der Waals surface area contributed by atoms with E-state index < -0.39 is 4.92 Å². The first-order chi connectivity index (χ1) is 12.8. The number of nitro benzene ring substituents is 1. The van der Waals surface area contributed by atoms with Gasteiger partial charge in [-0.25, -0.2) is 0 Å². The van der Waals surface area contributed by atoms with Crippen LogP contribution in [0.4, 0.5) is 5.69 Å². The Balaban J connectivity index is 0.00000392. The maximum atomic E-state index is 12.9. The molecule has 0 bridgehead atoms. The number of benzene rings is 2. The van der Waals surface area contributed by atoms with Gasteiger partial charge in [0.25, 0.3) is 11.6 Å². The number of rotatable bonds is 8. The van der Waals surface area contributed by atoms with Gasteiger partial charge >= 0.3 is 0 Å². The Morgan fingerprint density at radius 3 is 2.43 bits per heavy atom. The molecule has 152 valence electrons. The molecule has 0 aliphatic carbocycles. The lowest BCUT2D eigenvalue weighted by atomic mass is 10.0. The molecule has 28 heavy (non-hydrogen) atoms. The summed E-state index contributed by atoms with van der Waals surface area (Å²) in [6.07, 6.45) is 0.643. The van der Waals surface area contributed by atoms with Crippen LogP contribution < -0.4 is 10.5 Å². The van der Waals surface area contributed by atoms with E-state index in [1.165, 1.54) is 23.1 Å². The maximum absolute atomic E-state index is 12.9. The molecular weight excluding hydrogens is 382 g/mol. The third-order valence-electron chi connectivity index (χ3n) is 4.38. The largest absolute Gasteiger partial charge is 0.457 e. The molecule has 7 nitrogen and oxygen atoms in total. The Kier molecular flexibility index (Phi) is 8.88. The second-order valence-electron chi connectivity index (χ2n) is 6.78. The maximum Gasteiger partial charge on any atom is 0.270 e. The van der Waals surface area contributed by atoms with Crippen LogP contribution in [-0.4, -0.2) is 35.4 Å². The van der Waals surface area contributed by atoms with E-state index in [1.807, 2.05) is 32.0 Å². The van der Waals surface area contributed by atoms with Crippen molar-refractivity contribution in [2.75, 3.05) is 13.6 Å². The van der Waals surface area contributed by atoms with Crippen molar-refractivity contribution in [2.24, 2.45) is 11.7 Å². The van der Waals surface area contributed by atoms with Crippen LogP contribution in [0.15, 0.2) is 48.5 Å². The number of hydrogen-bond acceptors (Lipinski definition) is 5. The zero-order chi connectivity index (χ0) is 20.0. The van der Waals surface area contributed by atoms with Gasteiger partial charge in [-0.1, -0.05) is 32.0 Å². The summed E-state index contributed by atoms with van der Waals surface area (Å²) < 4.78 is 5.78. The molecule has 0 fully saturated rings. The van der Waals surface area contributed by atoms with Crippen LogP contribution in [0.25, 0.3) is 0 Å². The van der Waals surface area contributed by atoms with Crippen molar-refractivity contribution in [2.45, 2.75) is 26.3 Å². The summed E-state index contributed by atoms with van der Waals surface area (Å²) in [5.74, 6) is 0.783. The van der Waals surface area contributed by atoms with Gasteiger partial charge in [0.2, 0.25) is 0 Å². The molecule has 0 radical (unpaired) electrons. The van der Waals surface area contributed by atoms with Gasteiger partial charge in [0.15, 0.2) is 0 Å². The van der Waals surface area contributed by atoms with Gasteiger partial charge in [0.05, 0.1) is 10.5 Å². The fraction of sp³-hybridized carbons (Fsp3) is 0.350. The van der Waals surface area contributed by atoms with Crippen LogP contribution in [-0.2, 0) is 0 Å². The number of non-ortho nitro benzene ring substituents is 1. The Morgan fingerprint density at radius 1 is 1.21 bits per heavy atom. The number of carbonyl (C=O) groups excluding carboxylic acids is 1. The SMILES string of the molecule is CC(C)C(N)CCN(C)C(=O)c1cc([N+](=O)[O-])ccc1Oc1ccccc1.Cl. The number of halogens is 1. The van der Waals surface area contributed by atoms with Crippen molar-refractivity contribution < 1.29 is 14.5 Å². The van der Waals surface area contributed by atoms with Crippen LogP contribution in [0.3, 0.4) is 0 Å². The first kappa shape index (κ1) is 23.4. The minimum atomic E-state index is -0.530. The molecule has 0 aromatic heterocycles. The van der Waals surface area contributed by atoms with E-state index in [9.17, 15) is 14.9 Å². The van der Waals surface area contributed by atoms with Crippen molar-refractivity contribution in [3.63, 3.8) is 0 Å². The minimum absolute atomic E-state index is 0. The van der Waals surface area contributed by atoms with Crippen LogP contribution in [0.5, 0.6) is 11.5 Å². The third-order valence-corrected chi connectivity index (χ3v) is 4.38. The normalized spacial score (nSPS) is 11.5. The molecule has 1 amide bonds. The summed E-state index contributed by atoms with van der Waals surface area (Å²) in [5.41, 5.74) is 6.03. The zero-order valence-corrected chi connectivity index (χ0v) is 17.0. The number of hydrogen-bond donors (Lipinski definition) is 1. The Labute approximate surface area is 171 Å². The fourth-order valence-corrected chi connectivity index (χ4v) is 2.49. The van der Waals surface area contributed by atoms with Crippen molar-refractivity contribution in [3.05, 3.63) is 64.2 Å². The Morgan fingerprint density at radius 2 is 1.86 bits per heavy atom. The minimum Gasteiger partial charge on any atom is -0.457 e. The Bertz CT molecular complexity index is 799. The lowest BCUT2D eigenvalue weighted by Crippen LogP contribution is -2.34. The molecule has 2 N–H and O–H groups in total. The summed E-state index contributed by atoms with van der Waals surface area (Å²) in [7, 11) is 1.65. The number of para-hydroxylation sites is 1. The van der Waals surface area contributed by atoms with Crippen LogP contribution >= 0.6 is 12.4 Å². The number of ether oxygens (including phenoxy) is 1. The topological polar surface area (TPSA) is 98.7 Å². The van der Waals surface area contributed by atoms with E-state index in [1.54, 1.807) is 19.2 Å². The highest BCUT2D eigenvalue weighted by atomic mass is 35.5. The lowest BCUT2D eigenvalue weighted by molar-refractivity contribution is -0.384. The van der Waals surface area contributed by atoms with E-state index in [2.05, 4.69) is 0 Å². The van der Waals surface area contributed by atoms with Crippen LogP contribution in [0.1, 0.15) is 30.6 Å². The van der Waals surface area contributed by atoms with Gasteiger partial charge in [-0.2, -0.15) is 0 Å². The van der Waals surface area contributed by atoms with Gasteiger partial charge < -0.3 is 15.4 Å². The molecule has 8 heteroatoms. The molecule has 2 aromatic rings. The number of amides is 1. The molecule has 0 aliphatic rings. The summed E-state index contributed by atoms with van der Waals surface area (Å²) in [4.78, 5) is 25.0. The van der Waals surface area contributed by atoms with Crippen molar-refractivity contribution in [1.82, 2.24) is 4.90 Å². The fourth-order valence-electron chi connectivity index (χ4n) is 2.49. The second kappa shape index (κ2) is 10.6. The second-order valence-corrected chi connectivity index (χ2v) is 6.78. The summed E-state index contributed by atoms with van der Waals surface area (Å²) in [6.45, 7) is 4.50. The summed E-state index contributed by atoms with van der Waals surface area (Å²) >= 11 is 0. The highest BCUT2D eigenvalue weighted by Gasteiger charge is 2.22. The molecule has 1 atom stereocenters. The predicted molar refractivity (Wildman–Crippen MR) is 111 cm³/mol. The standard InChI is InChI=1S/C20H25N3O4.ClH/c1-14(2)18(21)11-12-22(3)20(24)17-13-15(23(25)26)9-10-19(17)27-16-7-5-4-6-8-16;/h4-10,13-14,18H,11-12,21H2,1-3H3;1H. The smallest absolute Gasteiger partial charge is 0.270 e. The van der Waals surface area contributed by atoms with E-state index in [4.69, 9.17) is 10.5 Å². The molecule has 0 spiro atoms. The highest BCUT2D eigenvalue weighted by molar-refractivity contribution is 5.97. The van der Waals surface area contributed by atoms with E-state index in [-0.39, 0.29) is 41.4 Å². The zero-order valence-electron chi connectivity index (χ0n) is 16.2. The summed E-state index contributed by atoms with van der Waals surface area (Å²) in [5, 5.41) is 11.1. The molecule has 2 aromatic carbocycles. The van der Waals surface area contributed by atoms with Crippen LogP contribution in [0.2, 0.25) is 0 Å². The third kappa shape index (κ3) is 6.21. The first-order valence-corrected chi connectivity index (χ1v) is 8.82. The number of nitrogens with zero attached hydrogens (tertiary/aromatic N) is 2. The van der Waals surface area contributed by atoms with E-state index >= 15 is 0 Å². The van der Waals surface area contributed by atoms with Crippen molar-refractivity contribution >= 4 is 24.0 Å². The molecule has 0 saturated heterocycles. The molecule has 0 saturated carbocycles. The molecule has 0 aliphatic heterocycles. The van der Waals surface area contributed by atoms with E-state index in [0.717, 1.165) is 0 Å². The van der Waals surface area contributed by atoms with Gasteiger partial charge in [0, 0.05) is 31.8 Å². The van der Waals surface area contributed by atoms with Crippen LogP contribution in [0, 0.1) is 16.0 Å². The predicted octanol–water partition coefficient (Wildman–Crippen LogP) is 4.25. The molecule has 1 unspecified atom stereocenters. The van der Waals surface area contributed by atoms with Gasteiger partial charge in [-0.05, 0) is 30.5 Å². The number of nitro groups is 1. The lowest BCUT2D eigenvalue weighted by Gasteiger charge is -2.22. The average Bonchev–Trinajstić information content (AvgIpc) is 2.66. The Hall–Kier alpha value is -2.64. The van der Waals surface area contributed by atoms with Gasteiger partial charge in [-0.3, -0.25) is 14.9 Å². The average molecular weight is 408 g/mol. The molecule has 0 heterocycles. The highest BCUT2D eigenvalue weighted by Crippen LogP contribution is 2.29.